The zero-order valence-corrected chi connectivity index (χ0v) is 14.9. The summed E-state index contributed by atoms with van der Waals surface area (Å²) in [5.74, 6) is 0.929. The summed E-state index contributed by atoms with van der Waals surface area (Å²) in [5, 5.41) is 0. The Hall–Kier alpha value is -3.26. The highest BCUT2D eigenvalue weighted by Crippen LogP contribution is 2.49. The molecule has 8 heteroatoms. The Labute approximate surface area is 159 Å². The van der Waals surface area contributed by atoms with E-state index in [4.69, 9.17) is 23.7 Å². The first-order valence-corrected chi connectivity index (χ1v) is 8.94. The van der Waals surface area contributed by atoms with Crippen LogP contribution in [-0.2, 0) is 16.9 Å². The molecule has 4 heterocycles. The zero-order chi connectivity index (χ0) is 19.0. The van der Waals surface area contributed by atoms with Crippen molar-refractivity contribution in [3.05, 3.63) is 46.5 Å². The van der Waals surface area contributed by atoms with Crippen molar-refractivity contribution in [2.45, 2.75) is 12.1 Å². The molecule has 0 N–H and O–H groups in total. The number of Topliss-reactive ketones (excluding diaryl/α,β-unsaturated/α-hetero) is 1. The summed E-state index contributed by atoms with van der Waals surface area (Å²) in [6.07, 6.45) is 0.697. The molecule has 1 spiro atoms. The van der Waals surface area contributed by atoms with Crippen molar-refractivity contribution in [3.63, 3.8) is 0 Å². The van der Waals surface area contributed by atoms with Crippen molar-refractivity contribution in [3.8, 4) is 23.0 Å². The Kier molecular flexibility index (Phi) is 2.91. The monoisotopic (exact) mass is 381 g/mol. The molecule has 0 saturated carbocycles. The molecule has 28 heavy (non-hydrogen) atoms. The SMILES string of the molecule is CN1CCc2cc3c(cc2C12OC(=O)c1c(ccc4c1OCO4)C2=O)OCO3. The fourth-order valence-corrected chi connectivity index (χ4v) is 4.36. The number of ether oxygens (including phenoxy) is 5. The van der Waals surface area contributed by atoms with Gasteiger partial charge in [0.15, 0.2) is 23.0 Å². The van der Waals surface area contributed by atoms with Crippen LogP contribution in [0.15, 0.2) is 24.3 Å². The largest absolute Gasteiger partial charge is 0.454 e. The third-order valence-electron chi connectivity index (χ3n) is 5.75. The van der Waals surface area contributed by atoms with Crippen molar-refractivity contribution in [1.82, 2.24) is 4.90 Å². The fourth-order valence-electron chi connectivity index (χ4n) is 4.36. The summed E-state index contributed by atoms with van der Waals surface area (Å²) in [4.78, 5) is 28.6. The van der Waals surface area contributed by atoms with Gasteiger partial charge in [0.25, 0.3) is 5.72 Å². The smallest absolute Gasteiger partial charge is 0.345 e. The second-order valence-electron chi connectivity index (χ2n) is 7.12. The number of hydrogen-bond acceptors (Lipinski definition) is 8. The van der Waals surface area contributed by atoms with Gasteiger partial charge < -0.3 is 23.7 Å². The molecule has 0 fully saturated rings. The molecule has 1 unspecified atom stereocenters. The zero-order valence-electron chi connectivity index (χ0n) is 14.9. The maximum Gasteiger partial charge on any atom is 0.345 e. The van der Waals surface area contributed by atoms with Crippen LogP contribution in [-0.4, -0.2) is 43.8 Å². The van der Waals surface area contributed by atoms with E-state index in [-0.39, 0.29) is 36.2 Å². The van der Waals surface area contributed by atoms with Gasteiger partial charge in [-0.1, -0.05) is 0 Å². The van der Waals surface area contributed by atoms with Crippen LogP contribution in [0, 0.1) is 0 Å². The van der Waals surface area contributed by atoms with E-state index in [2.05, 4.69) is 0 Å². The molecule has 0 saturated heterocycles. The molecule has 0 aliphatic carbocycles. The number of benzene rings is 2. The summed E-state index contributed by atoms with van der Waals surface area (Å²) in [6, 6.07) is 6.86. The highest BCUT2D eigenvalue weighted by molar-refractivity contribution is 6.16. The molecule has 0 radical (unpaired) electrons. The van der Waals surface area contributed by atoms with E-state index in [1.54, 1.807) is 30.1 Å². The topological polar surface area (TPSA) is 83.5 Å². The van der Waals surface area contributed by atoms with Crippen LogP contribution in [0.2, 0.25) is 0 Å². The number of hydrogen-bond donors (Lipinski definition) is 0. The lowest BCUT2D eigenvalue weighted by molar-refractivity contribution is -0.0953. The normalized spacial score (nSPS) is 24.2. The maximum atomic E-state index is 13.7. The number of rotatable bonds is 0. The molecule has 4 aliphatic heterocycles. The molecule has 0 amide bonds. The van der Waals surface area contributed by atoms with Gasteiger partial charge in [0.1, 0.15) is 5.56 Å². The van der Waals surface area contributed by atoms with E-state index in [1.165, 1.54) is 0 Å². The summed E-state index contributed by atoms with van der Waals surface area (Å²) >= 11 is 0. The average molecular weight is 381 g/mol. The third-order valence-corrected chi connectivity index (χ3v) is 5.75. The summed E-state index contributed by atoms with van der Waals surface area (Å²) in [6.45, 7) is 0.678. The fraction of sp³-hybridized carbons (Fsp3) is 0.300. The first-order valence-electron chi connectivity index (χ1n) is 8.94. The minimum absolute atomic E-state index is 0.00458. The number of likely N-dealkylation sites (N-methyl/N-ethyl adjacent to an activating group) is 1. The molecule has 8 nitrogen and oxygen atoms in total. The molecule has 2 aromatic rings. The molecule has 4 aliphatic rings. The molecule has 0 aromatic heterocycles. The predicted octanol–water partition coefficient (Wildman–Crippen LogP) is 1.84. The van der Waals surface area contributed by atoms with Gasteiger partial charge in [0.2, 0.25) is 19.4 Å². The van der Waals surface area contributed by atoms with Gasteiger partial charge >= 0.3 is 5.97 Å². The van der Waals surface area contributed by atoms with Gasteiger partial charge in [-0.2, -0.15) is 0 Å². The van der Waals surface area contributed by atoms with Gasteiger partial charge in [-0.05, 0) is 43.3 Å². The Bertz CT molecular complexity index is 1080. The van der Waals surface area contributed by atoms with Gasteiger partial charge in [0.05, 0.1) is 0 Å². The average Bonchev–Trinajstić information content (AvgIpc) is 3.35. The van der Waals surface area contributed by atoms with Crippen LogP contribution in [0.4, 0.5) is 0 Å². The van der Waals surface area contributed by atoms with Crippen molar-refractivity contribution in [2.75, 3.05) is 27.2 Å². The molecule has 142 valence electrons. The van der Waals surface area contributed by atoms with Crippen LogP contribution >= 0.6 is 0 Å². The van der Waals surface area contributed by atoms with Crippen molar-refractivity contribution < 1.29 is 33.3 Å². The van der Waals surface area contributed by atoms with Crippen molar-refractivity contribution >= 4 is 11.8 Å². The Morgan fingerprint density at radius 1 is 0.964 bits per heavy atom. The summed E-state index contributed by atoms with van der Waals surface area (Å²) in [5.41, 5.74) is 0.330. The maximum absolute atomic E-state index is 13.7. The quantitative estimate of drug-likeness (QED) is 0.640. The molecule has 1 atom stereocenters. The standard InChI is InChI=1S/C20H15NO7/c1-21-5-4-10-6-14-15(26-8-25-14)7-12(10)20(21)18(22)11-2-3-13-17(27-9-24-13)16(11)19(23)28-20/h2-3,6-7H,4-5,8-9H2,1H3. The molecule has 2 aromatic carbocycles. The summed E-state index contributed by atoms with van der Waals surface area (Å²) in [7, 11) is 1.77. The Morgan fingerprint density at radius 2 is 1.71 bits per heavy atom. The second-order valence-corrected chi connectivity index (χ2v) is 7.12. The molecular formula is C20H15NO7. The van der Waals surface area contributed by atoms with Crippen LogP contribution < -0.4 is 18.9 Å². The highest BCUT2D eigenvalue weighted by atomic mass is 16.7. The number of fused-ring (bicyclic) bond motifs is 6. The van der Waals surface area contributed by atoms with Gasteiger partial charge in [-0.3, -0.25) is 9.69 Å². The molecule has 6 rings (SSSR count). The van der Waals surface area contributed by atoms with Crippen LogP contribution in [0.1, 0.15) is 31.8 Å². The lowest BCUT2D eigenvalue weighted by atomic mass is 9.81. The highest BCUT2D eigenvalue weighted by Gasteiger charge is 2.56. The molecule has 0 bridgehead atoms. The van der Waals surface area contributed by atoms with Gasteiger partial charge in [0, 0.05) is 17.7 Å². The van der Waals surface area contributed by atoms with Crippen molar-refractivity contribution in [2.24, 2.45) is 0 Å². The number of carbonyl (C=O) groups excluding carboxylic acids is 2. The van der Waals surface area contributed by atoms with E-state index < -0.39 is 11.7 Å². The third kappa shape index (κ3) is 1.78. The Morgan fingerprint density at radius 3 is 2.57 bits per heavy atom. The van der Waals surface area contributed by atoms with Crippen LogP contribution in [0.25, 0.3) is 0 Å². The van der Waals surface area contributed by atoms with E-state index in [1.807, 2.05) is 6.07 Å². The van der Waals surface area contributed by atoms with Crippen LogP contribution in [0.5, 0.6) is 23.0 Å². The number of ketones is 1. The molecular weight excluding hydrogens is 366 g/mol. The number of nitrogens with zero attached hydrogens (tertiary/aromatic N) is 1. The number of carbonyl (C=O) groups is 2. The van der Waals surface area contributed by atoms with E-state index >= 15 is 0 Å². The van der Waals surface area contributed by atoms with E-state index in [0.29, 0.717) is 35.8 Å². The lowest BCUT2D eigenvalue weighted by Crippen LogP contribution is -2.58. The minimum Gasteiger partial charge on any atom is -0.454 e. The van der Waals surface area contributed by atoms with Gasteiger partial charge in [-0.15, -0.1) is 0 Å². The first-order chi connectivity index (χ1) is 13.6. The predicted molar refractivity (Wildman–Crippen MR) is 92.9 cm³/mol. The Balaban J connectivity index is 1.59. The summed E-state index contributed by atoms with van der Waals surface area (Å²) < 4.78 is 27.6. The number of esters is 1. The van der Waals surface area contributed by atoms with Crippen LogP contribution in [0.3, 0.4) is 0 Å². The van der Waals surface area contributed by atoms with E-state index in [9.17, 15) is 9.59 Å². The van der Waals surface area contributed by atoms with E-state index in [0.717, 1.165) is 5.56 Å². The first kappa shape index (κ1) is 15.8. The second kappa shape index (κ2) is 5.17. The van der Waals surface area contributed by atoms with Crippen molar-refractivity contribution in [1.29, 1.82) is 0 Å². The van der Waals surface area contributed by atoms with Gasteiger partial charge in [-0.25, -0.2) is 4.79 Å². The minimum atomic E-state index is -1.55. The lowest BCUT2D eigenvalue weighted by Gasteiger charge is -2.46.